The van der Waals surface area contributed by atoms with Crippen molar-refractivity contribution in [2.24, 2.45) is 0 Å². The average molecular weight is 310 g/mol. The van der Waals surface area contributed by atoms with Crippen molar-refractivity contribution in [3.8, 4) is 0 Å². The SMILES string of the molecule is COC(C)CS(=O)(=O)N(CCNC(C)=O)C(C)C(=O)O. The standard InChI is InChI=1S/C11H22N2O6S/c1-8(19-4)7-20(17,18)13(9(2)11(15)16)6-5-12-10(3)14/h8-9H,5-7H2,1-4H3,(H,12,14)(H,15,16). The Hall–Kier alpha value is -1.19. The van der Waals surface area contributed by atoms with Gasteiger partial charge in [-0.15, -0.1) is 0 Å². The molecule has 0 saturated carbocycles. The van der Waals surface area contributed by atoms with Gasteiger partial charge in [0.2, 0.25) is 15.9 Å². The Morgan fingerprint density at radius 1 is 1.35 bits per heavy atom. The fourth-order valence-electron chi connectivity index (χ4n) is 1.50. The summed E-state index contributed by atoms with van der Waals surface area (Å²) in [6.07, 6.45) is -0.552. The second kappa shape index (κ2) is 8.18. The van der Waals surface area contributed by atoms with Crippen LogP contribution in [0.5, 0.6) is 0 Å². The van der Waals surface area contributed by atoms with Crippen molar-refractivity contribution in [1.82, 2.24) is 9.62 Å². The quantitative estimate of drug-likeness (QED) is 0.580. The first-order valence-electron chi connectivity index (χ1n) is 6.11. The van der Waals surface area contributed by atoms with E-state index in [1.165, 1.54) is 21.0 Å². The molecule has 118 valence electrons. The molecule has 0 aliphatic rings. The van der Waals surface area contributed by atoms with E-state index in [1.807, 2.05) is 0 Å². The van der Waals surface area contributed by atoms with Crippen LogP contribution in [0.1, 0.15) is 20.8 Å². The Balaban J connectivity index is 5.00. The second-order valence-electron chi connectivity index (χ2n) is 4.43. The molecule has 0 fully saturated rings. The third-order valence-corrected chi connectivity index (χ3v) is 4.80. The van der Waals surface area contributed by atoms with Crippen LogP contribution in [0.4, 0.5) is 0 Å². The van der Waals surface area contributed by atoms with Gasteiger partial charge in [0.1, 0.15) is 6.04 Å². The number of hydrogen-bond donors (Lipinski definition) is 2. The first-order chi connectivity index (χ1) is 9.11. The van der Waals surface area contributed by atoms with Crippen LogP contribution in [0.25, 0.3) is 0 Å². The lowest BCUT2D eigenvalue weighted by Crippen LogP contribution is -2.48. The average Bonchev–Trinajstić information content (AvgIpc) is 2.32. The molecule has 2 unspecified atom stereocenters. The molecule has 0 aromatic heterocycles. The van der Waals surface area contributed by atoms with Crippen LogP contribution in [0, 0.1) is 0 Å². The number of amides is 1. The first-order valence-corrected chi connectivity index (χ1v) is 7.72. The normalized spacial score (nSPS) is 14.8. The molecule has 0 aliphatic heterocycles. The summed E-state index contributed by atoms with van der Waals surface area (Å²) in [6.45, 7) is 4.10. The van der Waals surface area contributed by atoms with Crippen LogP contribution in [-0.2, 0) is 24.3 Å². The van der Waals surface area contributed by atoms with Gasteiger partial charge in [0.05, 0.1) is 11.9 Å². The summed E-state index contributed by atoms with van der Waals surface area (Å²) in [5.41, 5.74) is 0. The highest BCUT2D eigenvalue weighted by Gasteiger charge is 2.32. The van der Waals surface area contributed by atoms with Gasteiger partial charge < -0.3 is 15.2 Å². The first kappa shape index (κ1) is 18.8. The summed E-state index contributed by atoms with van der Waals surface area (Å²) in [6, 6.07) is -1.21. The van der Waals surface area contributed by atoms with Crippen molar-refractivity contribution in [2.75, 3.05) is 26.0 Å². The Morgan fingerprint density at radius 3 is 2.30 bits per heavy atom. The third kappa shape index (κ3) is 6.31. The van der Waals surface area contributed by atoms with Crippen LogP contribution >= 0.6 is 0 Å². The molecular weight excluding hydrogens is 288 g/mol. The molecule has 20 heavy (non-hydrogen) atoms. The van der Waals surface area contributed by atoms with E-state index in [9.17, 15) is 18.0 Å². The number of carbonyl (C=O) groups is 2. The van der Waals surface area contributed by atoms with E-state index in [4.69, 9.17) is 9.84 Å². The number of nitrogens with zero attached hydrogens (tertiary/aromatic N) is 1. The summed E-state index contributed by atoms with van der Waals surface area (Å²) in [4.78, 5) is 21.8. The van der Waals surface area contributed by atoms with Gasteiger partial charge in [-0.05, 0) is 13.8 Å². The molecule has 0 saturated heterocycles. The minimum atomic E-state index is -3.80. The zero-order chi connectivity index (χ0) is 15.9. The van der Waals surface area contributed by atoms with E-state index in [1.54, 1.807) is 6.92 Å². The molecule has 1 amide bonds. The zero-order valence-corrected chi connectivity index (χ0v) is 12.9. The maximum absolute atomic E-state index is 12.2. The van der Waals surface area contributed by atoms with Crippen molar-refractivity contribution in [2.45, 2.75) is 32.9 Å². The summed E-state index contributed by atoms with van der Waals surface area (Å²) in [5, 5.41) is 11.4. The number of carboxylic acids is 1. The fraction of sp³-hybridized carbons (Fsp3) is 0.818. The second-order valence-corrected chi connectivity index (χ2v) is 6.40. The summed E-state index contributed by atoms with van der Waals surface area (Å²) < 4.78 is 30.1. The molecule has 0 aromatic rings. The van der Waals surface area contributed by atoms with Crippen molar-refractivity contribution < 1.29 is 27.9 Å². The predicted octanol–water partition coefficient (Wildman–Crippen LogP) is -0.738. The molecule has 0 radical (unpaired) electrons. The minimum Gasteiger partial charge on any atom is -0.480 e. The van der Waals surface area contributed by atoms with Gasteiger partial charge in [0, 0.05) is 27.1 Å². The monoisotopic (exact) mass is 310 g/mol. The van der Waals surface area contributed by atoms with Crippen LogP contribution in [0.3, 0.4) is 0 Å². The summed E-state index contributed by atoms with van der Waals surface area (Å²) in [7, 11) is -2.42. The lowest BCUT2D eigenvalue weighted by Gasteiger charge is -2.26. The number of hydrogen-bond acceptors (Lipinski definition) is 5. The minimum absolute atomic E-state index is 0.0492. The lowest BCUT2D eigenvalue weighted by molar-refractivity contribution is -0.140. The molecular formula is C11H22N2O6S. The van der Waals surface area contributed by atoms with Gasteiger partial charge in [0.15, 0.2) is 0 Å². The highest BCUT2D eigenvalue weighted by molar-refractivity contribution is 7.89. The number of nitrogens with one attached hydrogen (secondary N) is 1. The van der Waals surface area contributed by atoms with Crippen molar-refractivity contribution in [1.29, 1.82) is 0 Å². The molecule has 0 aliphatic carbocycles. The molecule has 0 aromatic carbocycles. The van der Waals surface area contributed by atoms with Gasteiger partial charge in [-0.2, -0.15) is 4.31 Å². The summed E-state index contributed by atoms with van der Waals surface area (Å²) in [5.74, 6) is -1.88. The Bertz CT molecular complexity index is 436. The molecule has 2 atom stereocenters. The van der Waals surface area contributed by atoms with Gasteiger partial charge >= 0.3 is 5.97 Å². The van der Waals surface area contributed by atoms with Crippen LogP contribution in [0.15, 0.2) is 0 Å². The van der Waals surface area contributed by atoms with Gasteiger partial charge in [-0.25, -0.2) is 8.42 Å². The smallest absolute Gasteiger partial charge is 0.321 e. The topological polar surface area (TPSA) is 113 Å². The van der Waals surface area contributed by atoms with Crippen molar-refractivity contribution in [3.63, 3.8) is 0 Å². The molecule has 9 heteroatoms. The Labute approximate surface area is 119 Å². The maximum atomic E-state index is 12.2. The zero-order valence-electron chi connectivity index (χ0n) is 12.1. The van der Waals surface area contributed by atoms with E-state index in [0.717, 1.165) is 4.31 Å². The highest BCUT2D eigenvalue weighted by Crippen LogP contribution is 2.10. The predicted molar refractivity (Wildman–Crippen MR) is 72.7 cm³/mol. The Kier molecular flexibility index (Phi) is 7.69. The van der Waals surface area contributed by atoms with E-state index in [0.29, 0.717) is 0 Å². The molecule has 0 spiro atoms. The third-order valence-electron chi connectivity index (χ3n) is 2.70. The number of aliphatic carboxylic acids is 1. The molecule has 0 heterocycles. The van der Waals surface area contributed by atoms with Crippen LogP contribution in [0.2, 0.25) is 0 Å². The largest absolute Gasteiger partial charge is 0.480 e. The Morgan fingerprint density at radius 2 is 1.90 bits per heavy atom. The van der Waals surface area contributed by atoms with Crippen molar-refractivity contribution >= 4 is 21.9 Å². The number of methoxy groups -OCH3 is 1. The lowest BCUT2D eigenvalue weighted by atomic mass is 10.3. The van der Waals surface area contributed by atoms with Crippen molar-refractivity contribution in [3.05, 3.63) is 0 Å². The van der Waals surface area contributed by atoms with Crippen LogP contribution in [-0.4, -0.2) is 67.8 Å². The fourth-order valence-corrected chi connectivity index (χ4v) is 3.36. The molecule has 2 N–H and O–H groups in total. The van der Waals surface area contributed by atoms with Gasteiger partial charge in [0.25, 0.3) is 0 Å². The molecule has 0 rings (SSSR count). The van der Waals surface area contributed by atoms with Crippen LogP contribution < -0.4 is 5.32 Å². The van der Waals surface area contributed by atoms with Gasteiger partial charge in [-0.3, -0.25) is 9.59 Å². The van der Waals surface area contributed by atoms with E-state index < -0.39 is 28.1 Å². The molecule has 8 nitrogen and oxygen atoms in total. The number of sulfonamides is 1. The number of carbonyl (C=O) groups excluding carboxylic acids is 1. The van der Waals surface area contributed by atoms with E-state index in [2.05, 4.69) is 5.32 Å². The summed E-state index contributed by atoms with van der Waals surface area (Å²) >= 11 is 0. The maximum Gasteiger partial charge on any atom is 0.321 e. The van der Waals surface area contributed by atoms with E-state index in [-0.39, 0.29) is 24.7 Å². The highest BCUT2D eigenvalue weighted by atomic mass is 32.2. The van der Waals surface area contributed by atoms with Gasteiger partial charge in [-0.1, -0.05) is 0 Å². The number of ether oxygens (including phenoxy) is 1. The number of rotatable bonds is 9. The molecule has 0 bridgehead atoms. The van der Waals surface area contributed by atoms with E-state index >= 15 is 0 Å². The number of carboxylic acid groups (broad SMARTS) is 1.